The van der Waals surface area contributed by atoms with Gasteiger partial charge in [-0.1, -0.05) is 42.5 Å². The van der Waals surface area contributed by atoms with E-state index in [1.54, 1.807) is 7.05 Å². The molecule has 0 bridgehead atoms. The van der Waals surface area contributed by atoms with Crippen LogP contribution >= 0.6 is 0 Å². The predicted molar refractivity (Wildman–Crippen MR) is 99.7 cm³/mol. The van der Waals surface area contributed by atoms with Crippen LogP contribution in [0.1, 0.15) is 25.0 Å². The number of anilines is 1. The second kappa shape index (κ2) is 8.73. The predicted octanol–water partition coefficient (Wildman–Crippen LogP) is 3.55. The minimum Gasteiger partial charge on any atom is -0.370 e. The third kappa shape index (κ3) is 4.68. The van der Waals surface area contributed by atoms with Gasteiger partial charge in [0.2, 0.25) is 0 Å². The van der Waals surface area contributed by atoms with E-state index in [9.17, 15) is 0 Å². The lowest BCUT2D eigenvalue weighted by molar-refractivity contribution is 0.962. The first-order chi connectivity index (χ1) is 11.3. The third-order valence-corrected chi connectivity index (χ3v) is 3.35. The molecule has 0 saturated carbocycles. The molecule has 2 aromatic rings. The van der Waals surface area contributed by atoms with Crippen molar-refractivity contribution in [2.24, 2.45) is 9.98 Å². The summed E-state index contributed by atoms with van der Waals surface area (Å²) in [5.41, 5.74) is 3.17. The van der Waals surface area contributed by atoms with Crippen molar-refractivity contribution in [2.75, 3.05) is 25.5 Å². The van der Waals surface area contributed by atoms with Crippen LogP contribution in [0.15, 0.2) is 64.6 Å². The molecule has 0 aliphatic carbocycles. The van der Waals surface area contributed by atoms with E-state index in [2.05, 4.69) is 51.8 Å². The Labute approximate surface area is 138 Å². The summed E-state index contributed by atoms with van der Waals surface area (Å²) in [4.78, 5) is 8.87. The lowest BCUT2D eigenvalue weighted by atomic mass is 10.1. The second-order valence-corrected chi connectivity index (χ2v) is 4.99. The normalized spacial score (nSPS) is 12.1. The van der Waals surface area contributed by atoms with Crippen LogP contribution in [-0.4, -0.2) is 31.8 Å². The van der Waals surface area contributed by atoms with Crippen LogP contribution in [0.4, 0.5) is 5.69 Å². The molecule has 0 aromatic heterocycles. The number of rotatable bonds is 5. The van der Waals surface area contributed by atoms with Gasteiger partial charge in [-0.2, -0.15) is 0 Å². The van der Waals surface area contributed by atoms with Gasteiger partial charge in [-0.15, -0.1) is 0 Å². The Bertz CT molecular complexity index is 658. The molecule has 4 heteroatoms. The third-order valence-electron chi connectivity index (χ3n) is 3.35. The molecular weight excluding hydrogens is 284 g/mol. The number of hydrogen-bond acceptors (Lipinski definition) is 2. The fraction of sp³-hybridized carbons (Fsp3) is 0.263. The van der Waals surface area contributed by atoms with Gasteiger partial charge in [0.25, 0.3) is 0 Å². The maximum absolute atomic E-state index is 4.58. The van der Waals surface area contributed by atoms with Crippen LogP contribution in [0.2, 0.25) is 0 Å². The average Bonchev–Trinajstić information content (AvgIpc) is 2.60. The molecule has 0 radical (unpaired) electrons. The molecule has 0 heterocycles. The summed E-state index contributed by atoms with van der Waals surface area (Å²) in [5, 5.41) is 6.65. The highest BCUT2D eigenvalue weighted by atomic mass is 15.0. The van der Waals surface area contributed by atoms with Gasteiger partial charge in [-0.05, 0) is 26.0 Å². The molecule has 0 amide bonds. The second-order valence-electron chi connectivity index (χ2n) is 4.99. The highest BCUT2D eigenvalue weighted by Crippen LogP contribution is 2.11. The Morgan fingerprint density at radius 1 is 0.870 bits per heavy atom. The standard InChI is InChI=1S/C19H24N4/c1-4-21-18(20-3)15-11-13-16(14-12-15)19(22-5-2)23-17-9-7-6-8-10-17/h6-14H,4-5H2,1-3H3,(H,20,21)(H,22,23). The number of nitrogens with one attached hydrogen (secondary N) is 2. The zero-order chi connectivity index (χ0) is 16.5. The summed E-state index contributed by atoms with van der Waals surface area (Å²) in [6, 6.07) is 18.4. The molecule has 4 nitrogen and oxygen atoms in total. The molecule has 2 N–H and O–H groups in total. The topological polar surface area (TPSA) is 48.8 Å². The van der Waals surface area contributed by atoms with Gasteiger partial charge in [0.05, 0.1) is 0 Å². The lowest BCUT2D eigenvalue weighted by Gasteiger charge is -2.12. The maximum atomic E-state index is 4.58. The molecule has 0 unspecified atom stereocenters. The van der Waals surface area contributed by atoms with Crippen LogP contribution in [-0.2, 0) is 0 Å². The van der Waals surface area contributed by atoms with Crippen LogP contribution in [0.25, 0.3) is 0 Å². The molecule has 0 aliphatic heterocycles. The first kappa shape index (κ1) is 16.7. The molecule has 120 valence electrons. The smallest absolute Gasteiger partial charge is 0.132 e. The Kier molecular flexibility index (Phi) is 6.36. The van der Waals surface area contributed by atoms with Crippen molar-refractivity contribution in [1.82, 2.24) is 5.32 Å². The number of para-hydroxylation sites is 1. The van der Waals surface area contributed by atoms with Crippen molar-refractivity contribution < 1.29 is 0 Å². The summed E-state index contributed by atoms with van der Waals surface area (Å²) >= 11 is 0. The first-order valence-electron chi connectivity index (χ1n) is 7.96. The van der Waals surface area contributed by atoms with Gasteiger partial charge in [0, 0.05) is 37.0 Å². The van der Waals surface area contributed by atoms with E-state index in [-0.39, 0.29) is 0 Å². The SMILES string of the molecule is CCN=C(Nc1ccccc1)c1ccc(C(=NC)NCC)cc1. The monoisotopic (exact) mass is 308 g/mol. The largest absolute Gasteiger partial charge is 0.370 e. The van der Waals surface area contributed by atoms with Crippen molar-refractivity contribution in [1.29, 1.82) is 0 Å². The number of benzene rings is 2. The van der Waals surface area contributed by atoms with Crippen molar-refractivity contribution in [3.05, 3.63) is 65.7 Å². The van der Waals surface area contributed by atoms with Crippen LogP contribution in [0.5, 0.6) is 0 Å². The van der Waals surface area contributed by atoms with E-state index in [4.69, 9.17) is 0 Å². The van der Waals surface area contributed by atoms with Gasteiger partial charge in [0.1, 0.15) is 11.7 Å². The average molecular weight is 308 g/mol. The number of hydrogen-bond donors (Lipinski definition) is 2. The van der Waals surface area contributed by atoms with Crippen molar-refractivity contribution in [3.8, 4) is 0 Å². The number of amidine groups is 2. The van der Waals surface area contributed by atoms with Crippen LogP contribution in [0.3, 0.4) is 0 Å². The van der Waals surface area contributed by atoms with E-state index < -0.39 is 0 Å². The van der Waals surface area contributed by atoms with Gasteiger partial charge >= 0.3 is 0 Å². The summed E-state index contributed by atoms with van der Waals surface area (Å²) < 4.78 is 0. The van der Waals surface area contributed by atoms with E-state index in [1.807, 2.05) is 37.3 Å². The van der Waals surface area contributed by atoms with Crippen LogP contribution in [0, 0.1) is 0 Å². The van der Waals surface area contributed by atoms with Crippen molar-refractivity contribution in [3.63, 3.8) is 0 Å². The molecular formula is C19H24N4. The van der Waals surface area contributed by atoms with Gasteiger partial charge in [-0.25, -0.2) is 0 Å². The summed E-state index contributed by atoms with van der Waals surface area (Å²) in [7, 11) is 1.80. The first-order valence-corrected chi connectivity index (χ1v) is 7.96. The van der Waals surface area contributed by atoms with Crippen molar-refractivity contribution in [2.45, 2.75) is 13.8 Å². The minimum absolute atomic E-state index is 0.732. The summed E-state index contributed by atoms with van der Waals surface area (Å²) in [5.74, 6) is 1.78. The van der Waals surface area contributed by atoms with E-state index >= 15 is 0 Å². The molecule has 0 fully saturated rings. The Hall–Kier alpha value is -2.62. The van der Waals surface area contributed by atoms with Gasteiger partial charge in [0.15, 0.2) is 0 Å². The zero-order valence-electron chi connectivity index (χ0n) is 14.0. The summed E-state index contributed by atoms with van der Waals surface area (Å²) in [6.45, 7) is 5.69. The summed E-state index contributed by atoms with van der Waals surface area (Å²) in [6.07, 6.45) is 0. The molecule has 2 rings (SSSR count). The minimum atomic E-state index is 0.732. The number of aliphatic imine (C=N–C) groups is 2. The van der Waals surface area contributed by atoms with Gasteiger partial charge < -0.3 is 10.6 Å². The molecule has 23 heavy (non-hydrogen) atoms. The molecule has 0 atom stereocenters. The fourth-order valence-electron chi connectivity index (χ4n) is 2.28. The van der Waals surface area contributed by atoms with Crippen LogP contribution < -0.4 is 10.6 Å². The van der Waals surface area contributed by atoms with Crippen molar-refractivity contribution >= 4 is 17.4 Å². The fourth-order valence-corrected chi connectivity index (χ4v) is 2.28. The Morgan fingerprint density at radius 3 is 2.00 bits per heavy atom. The molecule has 0 saturated heterocycles. The highest BCUT2D eigenvalue weighted by molar-refractivity contribution is 6.09. The van der Waals surface area contributed by atoms with Gasteiger partial charge in [-0.3, -0.25) is 9.98 Å². The highest BCUT2D eigenvalue weighted by Gasteiger charge is 2.06. The molecule has 2 aromatic carbocycles. The Balaban J connectivity index is 2.22. The Morgan fingerprint density at radius 2 is 1.48 bits per heavy atom. The van der Waals surface area contributed by atoms with E-state index in [0.29, 0.717) is 0 Å². The lowest BCUT2D eigenvalue weighted by Crippen LogP contribution is -2.24. The quantitative estimate of drug-likeness (QED) is 0.655. The maximum Gasteiger partial charge on any atom is 0.132 e. The zero-order valence-corrected chi connectivity index (χ0v) is 14.0. The molecule has 0 aliphatic rings. The van der Waals surface area contributed by atoms with E-state index in [0.717, 1.165) is 41.6 Å². The molecule has 0 spiro atoms. The van der Waals surface area contributed by atoms with E-state index in [1.165, 1.54) is 0 Å². The number of nitrogens with zero attached hydrogens (tertiary/aromatic N) is 2.